The molecule has 5 nitrogen and oxygen atoms in total. The summed E-state index contributed by atoms with van der Waals surface area (Å²) < 4.78 is 16.6. The SMILES string of the molecule is CCOc1ccc(/C=C2\Oc3cc(OC(=O)c4ccccc4C)ccc3C2=O)cc1. The smallest absolute Gasteiger partial charge is 0.343 e. The number of rotatable bonds is 5. The summed E-state index contributed by atoms with van der Waals surface area (Å²) in [7, 11) is 0. The van der Waals surface area contributed by atoms with Gasteiger partial charge in [-0.15, -0.1) is 0 Å². The van der Waals surface area contributed by atoms with Gasteiger partial charge in [0, 0.05) is 6.07 Å². The fourth-order valence-corrected chi connectivity index (χ4v) is 3.17. The van der Waals surface area contributed by atoms with Gasteiger partial charge in [0.2, 0.25) is 5.78 Å². The van der Waals surface area contributed by atoms with Crippen LogP contribution in [0.3, 0.4) is 0 Å². The maximum Gasteiger partial charge on any atom is 0.343 e. The summed E-state index contributed by atoms with van der Waals surface area (Å²) in [6.45, 7) is 4.36. The second-order valence-electron chi connectivity index (χ2n) is 6.80. The minimum atomic E-state index is -0.456. The van der Waals surface area contributed by atoms with E-state index in [1.165, 1.54) is 0 Å². The van der Waals surface area contributed by atoms with Crippen LogP contribution in [-0.4, -0.2) is 18.4 Å². The molecule has 0 aromatic heterocycles. The minimum absolute atomic E-state index is 0.212. The molecule has 30 heavy (non-hydrogen) atoms. The number of benzene rings is 3. The number of Topliss-reactive ketones (excluding diaryl/α,β-unsaturated/α-hetero) is 1. The summed E-state index contributed by atoms with van der Waals surface area (Å²) in [5.41, 5.74) is 2.57. The molecule has 0 aliphatic carbocycles. The molecule has 0 unspecified atom stereocenters. The van der Waals surface area contributed by atoms with Gasteiger partial charge in [-0.1, -0.05) is 30.3 Å². The number of ether oxygens (including phenoxy) is 3. The topological polar surface area (TPSA) is 61.8 Å². The zero-order valence-corrected chi connectivity index (χ0v) is 16.7. The summed E-state index contributed by atoms with van der Waals surface area (Å²) in [6.07, 6.45) is 1.68. The summed E-state index contributed by atoms with van der Waals surface area (Å²) in [5.74, 6) is 1.00. The molecule has 5 heteroatoms. The van der Waals surface area contributed by atoms with Crippen LogP contribution in [-0.2, 0) is 0 Å². The van der Waals surface area contributed by atoms with Crippen molar-refractivity contribution in [3.8, 4) is 17.2 Å². The second-order valence-corrected chi connectivity index (χ2v) is 6.80. The van der Waals surface area contributed by atoms with E-state index in [1.54, 1.807) is 36.4 Å². The van der Waals surface area contributed by atoms with Crippen molar-refractivity contribution in [3.63, 3.8) is 0 Å². The number of hydrogen-bond donors (Lipinski definition) is 0. The van der Waals surface area contributed by atoms with E-state index in [1.807, 2.05) is 50.2 Å². The third-order valence-electron chi connectivity index (χ3n) is 4.71. The van der Waals surface area contributed by atoms with E-state index in [2.05, 4.69) is 0 Å². The first-order valence-electron chi connectivity index (χ1n) is 9.64. The Morgan fingerprint density at radius 3 is 2.47 bits per heavy atom. The zero-order chi connectivity index (χ0) is 21.1. The molecule has 3 aromatic carbocycles. The lowest BCUT2D eigenvalue weighted by Gasteiger charge is -2.07. The predicted molar refractivity (Wildman–Crippen MR) is 113 cm³/mol. The minimum Gasteiger partial charge on any atom is -0.494 e. The van der Waals surface area contributed by atoms with Crippen molar-refractivity contribution in [3.05, 3.63) is 94.7 Å². The normalized spacial score (nSPS) is 13.7. The third kappa shape index (κ3) is 3.96. The van der Waals surface area contributed by atoms with Crippen LogP contribution < -0.4 is 14.2 Å². The van der Waals surface area contributed by atoms with E-state index in [0.29, 0.717) is 29.2 Å². The predicted octanol–water partition coefficient (Wildman–Crippen LogP) is 5.23. The number of ketones is 1. The van der Waals surface area contributed by atoms with Gasteiger partial charge in [-0.25, -0.2) is 4.79 Å². The Hall–Kier alpha value is -3.86. The standard InChI is InChI=1S/C25H20O5/c1-3-28-18-10-8-17(9-11-18)14-23-24(26)21-13-12-19(15-22(21)30-23)29-25(27)20-7-5-4-6-16(20)2/h4-15H,3H2,1-2H3/b23-14-. The van der Waals surface area contributed by atoms with Crippen molar-refractivity contribution < 1.29 is 23.8 Å². The lowest BCUT2D eigenvalue weighted by atomic mass is 10.1. The molecule has 3 aromatic rings. The molecule has 1 heterocycles. The number of fused-ring (bicyclic) bond motifs is 1. The highest BCUT2D eigenvalue weighted by molar-refractivity contribution is 6.14. The first kappa shape index (κ1) is 19.5. The highest BCUT2D eigenvalue weighted by Crippen LogP contribution is 2.35. The van der Waals surface area contributed by atoms with Crippen LogP contribution >= 0.6 is 0 Å². The van der Waals surface area contributed by atoms with Crippen LogP contribution in [0.25, 0.3) is 6.08 Å². The van der Waals surface area contributed by atoms with Crippen molar-refractivity contribution in [2.45, 2.75) is 13.8 Å². The number of esters is 1. The van der Waals surface area contributed by atoms with Crippen LogP contribution in [0.15, 0.2) is 72.5 Å². The van der Waals surface area contributed by atoms with Gasteiger partial charge in [-0.3, -0.25) is 4.79 Å². The lowest BCUT2D eigenvalue weighted by molar-refractivity contribution is 0.0733. The van der Waals surface area contributed by atoms with Crippen LogP contribution in [0, 0.1) is 6.92 Å². The fraction of sp³-hybridized carbons (Fsp3) is 0.120. The summed E-state index contributed by atoms with van der Waals surface area (Å²) in [4.78, 5) is 25.1. The Bertz CT molecular complexity index is 1140. The average molecular weight is 400 g/mol. The third-order valence-corrected chi connectivity index (χ3v) is 4.71. The molecule has 4 rings (SSSR count). The molecule has 0 saturated heterocycles. The molecule has 1 aliphatic rings. The molecule has 0 fully saturated rings. The maximum atomic E-state index is 12.6. The van der Waals surface area contributed by atoms with E-state index < -0.39 is 5.97 Å². The zero-order valence-electron chi connectivity index (χ0n) is 16.7. The first-order chi connectivity index (χ1) is 14.5. The average Bonchev–Trinajstić information content (AvgIpc) is 3.04. The number of hydrogen-bond acceptors (Lipinski definition) is 5. The fourth-order valence-electron chi connectivity index (χ4n) is 3.17. The molecule has 0 amide bonds. The molecular weight excluding hydrogens is 380 g/mol. The molecule has 0 N–H and O–H groups in total. The quantitative estimate of drug-likeness (QED) is 0.333. The molecule has 150 valence electrons. The Labute approximate surface area is 174 Å². The lowest BCUT2D eigenvalue weighted by Crippen LogP contribution is -2.10. The van der Waals surface area contributed by atoms with E-state index in [-0.39, 0.29) is 11.5 Å². The van der Waals surface area contributed by atoms with Gasteiger partial charge < -0.3 is 14.2 Å². The maximum absolute atomic E-state index is 12.6. The summed E-state index contributed by atoms with van der Waals surface area (Å²) >= 11 is 0. The Kier molecular flexibility index (Phi) is 5.35. The molecule has 0 radical (unpaired) electrons. The molecular formula is C25H20O5. The van der Waals surface area contributed by atoms with Crippen molar-refractivity contribution >= 4 is 17.8 Å². The van der Waals surface area contributed by atoms with E-state index in [0.717, 1.165) is 16.9 Å². The van der Waals surface area contributed by atoms with E-state index in [4.69, 9.17) is 14.2 Å². The summed E-state index contributed by atoms with van der Waals surface area (Å²) in [5, 5.41) is 0. The van der Waals surface area contributed by atoms with Crippen LogP contribution in [0.1, 0.15) is 38.8 Å². The van der Waals surface area contributed by atoms with Gasteiger partial charge in [-0.2, -0.15) is 0 Å². The molecule has 0 spiro atoms. The van der Waals surface area contributed by atoms with Gasteiger partial charge in [0.05, 0.1) is 17.7 Å². The first-order valence-corrected chi connectivity index (χ1v) is 9.64. The molecule has 0 saturated carbocycles. The number of carbonyl (C=O) groups excluding carboxylic acids is 2. The number of allylic oxidation sites excluding steroid dienone is 1. The van der Waals surface area contributed by atoms with Crippen molar-refractivity contribution in [2.24, 2.45) is 0 Å². The molecule has 0 bridgehead atoms. The highest BCUT2D eigenvalue weighted by Gasteiger charge is 2.28. The van der Waals surface area contributed by atoms with Crippen LogP contribution in [0.4, 0.5) is 0 Å². The van der Waals surface area contributed by atoms with Gasteiger partial charge >= 0.3 is 5.97 Å². The van der Waals surface area contributed by atoms with E-state index >= 15 is 0 Å². The Morgan fingerprint density at radius 2 is 1.73 bits per heavy atom. The second kappa shape index (κ2) is 8.25. The highest BCUT2D eigenvalue weighted by atomic mass is 16.5. The van der Waals surface area contributed by atoms with E-state index in [9.17, 15) is 9.59 Å². The summed E-state index contributed by atoms with van der Waals surface area (Å²) in [6, 6.07) is 19.3. The van der Waals surface area contributed by atoms with Crippen molar-refractivity contribution in [2.75, 3.05) is 6.61 Å². The van der Waals surface area contributed by atoms with Gasteiger partial charge in [0.1, 0.15) is 17.2 Å². The molecule has 0 atom stereocenters. The van der Waals surface area contributed by atoms with Gasteiger partial charge in [0.15, 0.2) is 5.76 Å². The monoisotopic (exact) mass is 400 g/mol. The Morgan fingerprint density at radius 1 is 1.00 bits per heavy atom. The molecule has 1 aliphatic heterocycles. The van der Waals surface area contributed by atoms with Crippen LogP contribution in [0.2, 0.25) is 0 Å². The Balaban J connectivity index is 1.52. The van der Waals surface area contributed by atoms with Crippen molar-refractivity contribution in [1.29, 1.82) is 0 Å². The van der Waals surface area contributed by atoms with Gasteiger partial charge in [0.25, 0.3) is 0 Å². The number of aryl methyl sites for hydroxylation is 1. The van der Waals surface area contributed by atoms with Crippen LogP contribution in [0.5, 0.6) is 17.2 Å². The van der Waals surface area contributed by atoms with Gasteiger partial charge in [-0.05, 0) is 61.4 Å². The van der Waals surface area contributed by atoms with Crippen molar-refractivity contribution in [1.82, 2.24) is 0 Å². The largest absolute Gasteiger partial charge is 0.494 e. The number of carbonyl (C=O) groups is 2.